The number of aryl methyl sites for hydroxylation is 1. The number of piperidine rings is 1. The van der Waals surface area contributed by atoms with Gasteiger partial charge in [0.2, 0.25) is 5.91 Å². The second-order valence-corrected chi connectivity index (χ2v) is 9.66. The summed E-state index contributed by atoms with van der Waals surface area (Å²) in [4.78, 5) is 25.7. The fourth-order valence-corrected chi connectivity index (χ4v) is 6.04. The number of aliphatic hydroxyl groups is 1. The van der Waals surface area contributed by atoms with Crippen molar-refractivity contribution >= 4 is 16.8 Å². The Kier molecular flexibility index (Phi) is 6.48. The Hall–Kier alpha value is -3.01. The number of amides is 1. The van der Waals surface area contributed by atoms with Gasteiger partial charge in [-0.1, -0.05) is 0 Å². The van der Waals surface area contributed by atoms with Gasteiger partial charge in [0.1, 0.15) is 18.7 Å². The molecule has 35 heavy (non-hydrogen) atoms. The molecule has 1 saturated heterocycles. The third-order valence-corrected chi connectivity index (χ3v) is 7.74. The summed E-state index contributed by atoms with van der Waals surface area (Å²) in [7, 11) is 5.22. The van der Waals surface area contributed by atoms with Gasteiger partial charge in [-0.2, -0.15) is 0 Å². The van der Waals surface area contributed by atoms with Crippen molar-refractivity contribution in [2.24, 2.45) is 7.05 Å². The minimum absolute atomic E-state index is 0.000187. The van der Waals surface area contributed by atoms with E-state index in [-0.39, 0.29) is 24.5 Å². The molecule has 2 aliphatic rings. The van der Waals surface area contributed by atoms with E-state index in [2.05, 4.69) is 25.5 Å². The normalized spacial score (nSPS) is 19.8. The molecule has 2 aromatic heterocycles. The van der Waals surface area contributed by atoms with E-state index in [1.54, 1.807) is 13.4 Å². The Labute approximate surface area is 205 Å². The smallest absolute Gasteiger partial charge is 0.249 e. The minimum atomic E-state index is -0.416. The number of likely N-dealkylation sites (tertiary alicyclic amines) is 1. The molecule has 1 atom stereocenters. The lowest BCUT2D eigenvalue weighted by atomic mass is 9.68. The summed E-state index contributed by atoms with van der Waals surface area (Å²) >= 11 is 0. The summed E-state index contributed by atoms with van der Waals surface area (Å²) in [6.45, 7) is 3.04. The highest BCUT2D eigenvalue weighted by Crippen LogP contribution is 2.50. The first-order chi connectivity index (χ1) is 17.0. The predicted molar refractivity (Wildman–Crippen MR) is 131 cm³/mol. The second kappa shape index (κ2) is 9.56. The van der Waals surface area contributed by atoms with Gasteiger partial charge >= 0.3 is 0 Å². The van der Waals surface area contributed by atoms with Crippen LogP contribution in [-0.2, 0) is 28.5 Å². The zero-order valence-electron chi connectivity index (χ0n) is 20.6. The molecule has 9 nitrogen and oxygen atoms in total. The number of carbonyl (C=O) groups is 1. The molecule has 186 valence electrons. The summed E-state index contributed by atoms with van der Waals surface area (Å²) in [5.41, 5.74) is 4.22. The molecule has 1 aromatic carbocycles. The van der Waals surface area contributed by atoms with E-state index in [4.69, 9.17) is 9.47 Å². The molecule has 2 aliphatic heterocycles. The average molecular weight is 480 g/mol. The number of benzene rings is 1. The molecule has 1 N–H and O–H groups in total. The van der Waals surface area contributed by atoms with Crippen LogP contribution in [0.4, 0.5) is 0 Å². The quantitative estimate of drug-likeness (QED) is 0.578. The Bertz CT molecular complexity index is 1200. The van der Waals surface area contributed by atoms with Crippen molar-refractivity contribution in [1.29, 1.82) is 0 Å². The molecule has 3 aromatic rings. The molecular weight excluding hydrogens is 446 g/mol. The van der Waals surface area contributed by atoms with Crippen LogP contribution in [0.2, 0.25) is 0 Å². The number of carbonyl (C=O) groups excluding carboxylic acids is 1. The monoisotopic (exact) mass is 479 g/mol. The van der Waals surface area contributed by atoms with Crippen molar-refractivity contribution in [3.05, 3.63) is 53.7 Å². The number of hydrogen-bond donors (Lipinski definition) is 1. The number of nitrogens with zero attached hydrogens (tertiary/aromatic N) is 5. The molecule has 9 heteroatoms. The number of hydrogen-bond acceptors (Lipinski definition) is 7. The predicted octanol–water partition coefficient (Wildman–Crippen LogP) is 2.03. The van der Waals surface area contributed by atoms with E-state index in [0.717, 1.165) is 55.0 Å². The second-order valence-electron chi connectivity index (χ2n) is 9.66. The molecule has 1 fully saturated rings. The third kappa shape index (κ3) is 4.07. The molecule has 0 saturated carbocycles. The molecule has 4 heterocycles. The lowest BCUT2D eigenvalue weighted by Crippen LogP contribution is -2.56. The first-order valence-corrected chi connectivity index (χ1v) is 12.0. The largest absolute Gasteiger partial charge is 0.497 e. The molecule has 1 amide bonds. The standard InChI is InChI=1S/C26H33N5O4/c1-29-21-10-19(35-3)4-5-20(21)24-25(29)22(14-32)31(23(33)15-34-2)16-26(24)6-8-30(9-7-26)13-18-11-27-17-28-12-18/h4-5,10-12,17,22,32H,6-9,13-16H2,1-3H3/t22-/m0/s1. The molecule has 1 spiro atoms. The third-order valence-electron chi connectivity index (χ3n) is 7.74. The summed E-state index contributed by atoms with van der Waals surface area (Å²) in [6, 6.07) is 5.75. The minimum Gasteiger partial charge on any atom is -0.497 e. The number of aliphatic hydroxyl groups excluding tert-OH is 1. The van der Waals surface area contributed by atoms with Crippen LogP contribution in [0.5, 0.6) is 5.75 Å². The van der Waals surface area contributed by atoms with E-state index < -0.39 is 6.04 Å². The topological polar surface area (TPSA) is 93.0 Å². The number of methoxy groups -OCH3 is 2. The average Bonchev–Trinajstić information content (AvgIpc) is 3.19. The molecule has 0 radical (unpaired) electrons. The Morgan fingerprint density at radius 3 is 2.60 bits per heavy atom. The maximum atomic E-state index is 13.2. The van der Waals surface area contributed by atoms with Crippen LogP contribution in [0, 0.1) is 0 Å². The fourth-order valence-electron chi connectivity index (χ4n) is 6.04. The highest BCUT2D eigenvalue weighted by atomic mass is 16.5. The summed E-state index contributed by atoms with van der Waals surface area (Å²) < 4.78 is 12.8. The van der Waals surface area contributed by atoms with Gasteiger partial charge in [0.15, 0.2) is 0 Å². The van der Waals surface area contributed by atoms with Gasteiger partial charge < -0.3 is 24.0 Å². The highest BCUT2D eigenvalue weighted by molar-refractivity contribution is 5.89. The van der Waals surface area contributed by atoms with Gasteiger partial charge in [0.05, 0.1) is 25.3 Å². The van der Waals surface area contributed by atoms with Crippen LogP contribution in [-0.4, -0.2) is 82.4 Å². The van der Waals surface area contributed by atoms with E-state index >= 15 is 0 Å². The summed E-state index contributed by atoms with van der Waals surface area (Å²) in [6.07, 6.45) is 7.11. The van der Waals surface area contributed by atoms with E-state index in [0.29, 0.717) is 6.54 Å². The number of ether oxygens (including phenoxy) is 2. The lowest BCUT2D eigenvalue weighted by Gasteiger charge is -2.50. The van der Waals surface area contributed by atoms with Crippen molar-refractivity contribution < 1.29 is 19.4 Å². The van der Waals surface area contributed by atoms with E-state index in [1.807, 2.05) is 36.5 Å². The first-order valence-electron chi connectivity index (χ1n) is 12.0. The van der Waals surface area contributed by atoms with Crippen LogP contribution in [0.25, 0.3) is 10.9 Å². The SMILES string of the molecule is COCC(=O)N1CC2(CCN(Cc3cncnc3)CC2)c2c(n(C)c3cc(OC)ccc23)[C@@H]1CO. The van der Waals surface area contributed by atoms with Crippen molar-refractivity contribution in [2.75, 3.05) is 47.1 Å². The fraction of sp³-hybridized carbons (Fsp3) is 0.500. The molecule has 0 unspecified atom stereocenters. The Balaban J connectivity index is 1.57. The van der Waals surface area contributed by atoms with Crippen LogP contribution in [0.1, 0.15) is 35.7 Å². The van der Waals surface area contributed by atoms with Gasteiger partial charge in [-0.25, -0.2) is 9.97 Å². The van der Waals surface area contributed by atoms with Crippen LogP contribution < -0.4 is 4.74 Å². The van der Waals surface area contributed by atoms with Gasteiger partial charge in [-0.05, 0) is 43.6 Å². The van der Waals surface area contributed by atoms with Crippen molar-refractivity contribution in [1.82, 2.24) is 24.3 Å². The van der Waals surface area contributed by atoms with Gasteiger partial charge in [0, 0.05) is 67.8 Å². The van der Waals surface area contributed by atoms with Gasteiger partial charge in [-0.15, -0.1) is 0 Å². The highest BCUT2D eigenvalue weighted by Gasteiger charge is 2.49. The number of fused-ring (bicyclic) bond motifs is 4. The van der Waals surface area contributed by atoms with Gasteiger partial charge in [0.25, 0.3) is 0 Å². The Morgan fingerprint density at radius 2 is 1.94 bits per heavy atom. The molecule has 0 aliphatic carbocycles. The van der Waals surface area contributed by atoms with E-state index in [1.165, 1.54) is 18.1 Å². The lowest BCUT2D eigenvalue weighted by molar-refractivity contribution is -0.141. The Morgan fingerprint density at radius 1 is 1.20 bits per heavy atom. The van der Waals surface area contributed by atoms with Crippen molar-refractivity contribution in [2.45, 2.75) is 30.8 Å². The summed E-state index contributed by atoms with van der Waals surface area (Å²) in [5, 5.41) is 11.6. The van der Waals surface area contributed by atoms with Crippen LogP contribution >= 0.6 is 0 Å². The zero-order chi connectivity index (χ0) is 24.6. The zero-order valence-corrected chi connectivity index (χ0v) is 20.6. The molecule has 0 bridgehead atoms. The number of rotatable bonds is 6. The van der Waals surface area contributed by atoms with Crippen molar-refractivity contribution in [3.63, 3.8) is 0 Å². The molecular formula is C26H33N5O4. The van der Waals surface area contributed by atoms with E-state index in [9.17, 15) is 9.90 Å². The molecule has 5 rings (SSSR count). The maximum Gasteiger partial charge on any atom is 0.249 e. The maximum absolute atomic E-state index is 13.2. The first kappa shape index (κ1) is 23.7. The van der Waals surface area contributed by atoms with Gasteiger partial charge in [-0.3, -0.25) is 9.69 Å². The van der Waals surface area contributed by atoms with Crippen molar-refractivity contribution in [3.8, 4) is 5.75 Å². The van der Waals surface area contributed by atoms with Crippen LogP contribution in [0.3, 0.4) is 0 Å². The number of aromatic nitrogens is 3. The summed E-state index contributed by atoms with van der Waals surface area (Å²) in [5.74, 6) is 0.695. The van der Waals surface area contributed by atoms with Crippen LogP contribution in [0.15, 0.2) is 36.9 Å².